The van der Waals surface area contributed by atoms with Crippen molar-refractivity contribution in [1.29, 1.82) is 0 Å². The highest BCUT2D eigenvalue weighted by molar-refractivity contribution is 7.98. The van der Waals surface area contributed by atoms with Crippen LogP contribution in [0.4, 0.5) is 5.13 Å². The molecule has 2 N–H and O–H groups in total. The van der Waals surface area contributed by atoms with Crippen molar-refractivity contribution in [1.82, 2.24) is 25.4 Å². The van der Waals surface area contributed by atoms with E-state index >= 15 is 0 Å². The zero-order chi connectivity index (χ0) is 16.9. The first-order valence-corrected chi connectivity index (χ1v) is 9.14. The molecule has 3 rings (SSSR count). The van der Waals surface area contributed by atoms with Crippen LogP contribution in [-0.2, 0) is 5.75 Å². The minimum absolute atomic E-state index is 0.184. The summed E-state index contributed by atoms with van der Waals surface area (Å²) in [6, 6.07) is 7.46. The lowest BCUT2D eigenvalue weighted by atomic mass is 10.1. The molecule has 24 heavy (non-hydrogen) atoms. The number of benzene rings is 1. The van der Waals surface area contributed by atoms with Gasteiger partial charge >= 0.3 is 0 Å². The molecule has 2 heterocycles. The van der Waals surface area contributed by atoms with Crippen molar-refractivity contribution in [3.05, 3.63) is 46.7 Å². The van der Waals surface area contributed by atoms with Gasteiger partial charge in [-0.2, -0.15) is 5.10 Å². The number of nitrogens with one attached hydrogen (secondary N) is 2. The summed E-state index contributed by atoms with van der Waals surface area (Å²) in [5, 5.41) is 19.6. The number of anilines is 1. The molecule has 0 fully saturated rings. The maximum atomic E-state index is 12.2. The number of carbonyl (C=O) groups is 1. The Hall–Kier alpha value is -2.26. The third-order valence-electron chi connectivity index (χ3n) is 3.14. The van der Waals surface area contributed by atoms with Gasteiger partial charge in [0, 0.05) is 17.2 Å². The van der Waals surface area contributed by atoms with Crippen LogP contribution in [0.15, 0.2) is 35.7 Å². The lowest BCUT2D eigenvalue weighted by Gasteiger charge is -2.03. The first-order chi connectivity index (χ1) is 11.6. The number of aromatic nitrogens is 5. The summed E-state index contributed by atoms with van der Waals surface area (Å²) in [6.45, 7) is 4.09. The predicted octanol–water partition coefficient (Wildman–Crippen LogP) is 3.32. The number of rotatable bonds is 6. The third-order valence-corrected chi connectivity index (χ3v) is 5.23. The number of H-pyrrole nitrogens is 1. The van der Waals surface area contributed by atoms with Gasteiger partial charge in [-0.3, -0.25) is 15.2 Å². The Morgan fingerprint density at radius 1 is 1.29 bits per heavy atom. The smallest absolute Gasteiger partial charge is 0.257 e. The van der Waals surface area contributed by atoms with Crippen LogP contribution >= 0.6 is 23.1 Å². The van der Waals surface area contributed by atoms with Gasteiger partial charge in [-0.15, -0.1) is 10.2 Å². The zero-order valence-corrected chi connectivity index (χ0v) is 14.8. The van der Waals surface area contributed by atoms with Crippen molar-refractivity contribution >= 4 is 34.1 Å². The van der Waals surface area contributed by atoms with Crippen molar-refractivity contribution in [2.45, 2.75) is 30.7 Å². The molecule has 1 aromatic carbocycles. The van der Waals surface area contributed by atoms with E-state index in [4.69, 9.17) is 0 Å². The number of thioether (sulfide) groups is 1. The van der Waals surface area contributed by atoms with Gasteiger partial charge in [0.05, 0.1) is 0 Å². The van der Waals surface area contributed by atoms with Gasteiger partial charge in [-0.1, -0.05) is 49.1 Å². The monoisotopic (exact) mass is 360 g/mol. The van der Waals surface area contributed by atoms with Crippen LogP contribution < -0.4 is 5.32 Å². The molecule has 0 saturated heterocycles. The number of carbonyl (C=O) groups excluding carboxylic acids is 1. The molecule has 0 aliphatic heterocycles. The minimum atomic E-state index is -0.184. The second-order valence-electron chi connectivity index (χ2n) is 5.33. The van der Waals surface area contributed by atoms with Crippen molar-refractivity contribution in [2.75, 3.05) is 5.32 Å². The second kappa shape index (κ2) is 7.54. The van der Waals surface area contributed by atoms with E-state index in [1.807, 2.05) is 26.0 Å². The Balaban J connectivity index is 1.58. The van der Waals surface area contributed by atoms with Gasteiger partial charge in [0.1, 0.15) is 11.3 Å². The number of hydrogen-bond acceptors (Lipinski definition) is 7. The molecule has 0 unspecified atom stereocenters. The van der Waals surface area contributed by atoms with E-state index in [0.717, 1.165) is 21.5 Å². The van der Waals surface area contributed by atoms with Crippen molar-refractivity contribution in [3.8, 4) is 0 Å². The summed E-state index contributed by atoms with van der Waals surface area (Å²) in [4.78, 5) is 16.3. The molecule has 0 radical (unpaired) electrons. The van der Waals surface area contributed by atoms with Crippen LogP contribution in [0.25, 0.3) is 0 Å². The molecule has 0 saturated carbocycles. The number of hydrogen-bond donors (Lipinski definition) is 2. The van der Waals surface area contributed by atoms with E-state index in [9.17, 15) is 4.79 Å². The molecule has 7 nitrogen and oxygen atoms in total. The largest absolute Gasteiger partial charge is 0.296 e. The molecule has 9 heteroatoms. The molecular formula is C15H16N6OS2. The predicted molar refractivity (Wildman–Crippen MR) is 94.3 cm³/mol. The number of nitrogens with zero attached hydrogens (tertiary/aromatic N) is 4. The Labute approximate surface area is 147 Å². The molecule has 1 amide bonds. The van der Waals surface area contributed by atoms with E-state index in [-0.39, 0.29) is 5.91 Å². The molecule has 2 aromatic heterocycles. The van der Waals surface area contributed by atoms with E-state index in [1.54, 1.807) is 23.9 Å². The number of aromatic amines is 1. The summed E-state index contributed by atoms with van der Waals surface area (Å²) in [6.07, 6.45) is 1.48. The fourth-order valence-electron chi connectivity index (χ4n) is 1.86. The Bertz CT molecular complexity index is 798. The summed E-state index contributed by atoms with van der Waals surface area (Å²) in [5.41, 5.74) is 1.69. The van der Waals surface area contributed by atoms with Gasteiger partial charge in [-0.05, 0) is 17.7 Å². The van der Waals surface area contributed by atoms with Gasteiger partial charge in [0.2, 0.25) is 5.13 Å². The molecule has 0 bridgehead atoms. The third kappa shape index (κ3) is 4.18. The first-order valence-electron chi connectivity index (χ1n) is 7.33. The van der Waals surface area contributed by atoms with Crippen LogP contribution in [0.2, 0.25) is 0 Å². The molecular weight excluding hydrogens is 344 g/mol. The minimum Gasteiger partial charge on any atom is -0.296 e. The van der Waals surface area contributed by atoms with Gasteiger partial charge in [-0.25, -0.2) is 4.98 Å². The highest BCUT2D eigenvalue weighted by atomic mass is 32.2. The lowest BCUT2D eigenvalue weighted by Crippen LogP contribution is -2.11. The summed E-state index contributed by atoms with van der Waals surface area (Å²) in [5.74, 6) is 0.871. The molecule has 0 atom stereocenters. The van der Waals surface area contributed by atoms with Crippen LogP contribution in [0.5, 0.6) is 0 Å². The average Bonchev–Trinajstić information content (AvgIpc) is 3.25. The maximum absolute atomic E-state index is 12.2. The molecule has 0 aliphatic rings. The quantitative estimate of drug-likeness (QED) is 0.655. The van der Waals surface area contributed by atoms with Crippen LogP contribution in [-0.4, -0.2) is 31.3 Å². The molecule has 3 aromatic rings. The fraction of sp³-hybridized carbons (Fsp3) is 0.267. The summed E-state index contributed by atoms with van der Waals surface area (Å²) in [7, 11) is 0. The highest BCUT2D eigenvalue weighted by Gasteiger charge is 2.12. The summed E-state index contributed by atoms with van der Waals surface area (Å²) < 4.78 is 0. The highest BCUT2D eigenvalue weighted by Crippen LogP contribution is 2.23. The van der Waals surface area contributed by atoms with Crippen LogP contribution in [0, 0.1) is 0 Å². The normalized spacial score (nSPS) is 11.0. The topological polar surface area (TPSA) is 96.5 Å². The first kappa shape index (κ1) is 16.6. The van der Waals surface area contributed by atoms with E-state index in [0.29, 0.717) is 16.6 Å². The van der Waals surface area contributed by atoms with Crippen LogP contribution in [0.3, 0.4) is 0 Å². The fourth-order valence-corrected chi connectivity index (χ4v) is 3.33. The summed E-state index contributed by atoms with van der Waals surface area (Å²) >= 11 is 2.96. The lowest BCUT2D eigenvalue weighted by molar-refractivity contribution is 0.102. The molecule has 0 spiro atoms. The molecule has 0 aliphatic carbocycles. The SMILES string of the molecule is CC(C)c1nnc(NC(=O)c2ccc(CSc3ncn[nH]3)cc2)s1. The second-order valence-corrected chi connectivity index (χ2v) is 7.30. The van der Waals surface area contributed by atoms with Gasteiger partial charge in [0.25, 0.3) is 5.91 Å². The Kier molecular flexibility index (Phi) is 5.21. The standard InChI is InChI=1S/C15H16N6OS2/c1-9(2)13-19-21-15(24-13)18-12(22)11-5-3-10(4-6-11)7-23-14-16-8-17-20-14/h3-6,8-9H,7H2,1-2H3,(H,16,17,20)(H,18,21,22). The van der Waals surface area contributed by atoms with Crippen LogP contribution in [0.1, 0.15) is 40.7 Å². The molecule has 124 valence electrons. The van der Waals surface area contributed by atoms with E-state index in [2.05, 4.69) is 30.7 Å². The van der Waals surface area contributed by atoms with Crippen molar-refractivity contribution in [2.24, 2.45) is 0 Å². The van der Waals surface area contributed by atoms with Crippen molar-refractivity contribution in [3.63, 3.8) is 0 Å². The van der Waals surface area contributed by atoms with Gasteiger partial charge in [0.15, 0.2) is 5.16 Å². The average molecular weight is 360 g/mol. The van der Waals surface area contributed by atoms with E-state index < -0.39 is 0 Å². The zero-order valence-electron chi connectivity index (χ0n) is 13.2. The van der Waals surface area contributed by atoms with Crippen molar-refractivity contribution < 1.29 is 4.79 Å². The Morgan fingerprint density at radius 2 is 2.08 bits per heavy atom. The number of amides is 1. The van der Waals surface area contributed by atoms with Gasteiger partial charge < -0.3 is 0 Å². The maximum Gasteiger partial charge on any atom is 0.257 e. The van der Waals surface area contributed by atoms with E-state index in [1.165, 1.54) is 17.7 Å². The Morgan fingerprint density at radius 3 is 2.71 bits per heavy atom.